The van der Waals surface area contributed by atoms with Gasteiger partial charge < -0.3 is 9.73 Å². The third-order valence-electron chi connectivity index (χ3n) is 4.42. The van der Waals surface area contributed by atoms with Crippen LogP contribution < -0.4 is 10.9 Å². The van der Waals surface area contributed by atoms with Crippen LogP contribution in [0, 0.1) is 0 Å². The van der Waals surface area contributed by atoms with E-state index in [0.29, 0.717) is 11.1 Å². The van der Waals surface area contributed by atoms with Crippen molar-refractivity contribution in [2.24, 2.45) is 0 Å². The molecule has 4 rings (SSSR count). The van der Waals surface area contributed by atoms with Gasteiger partial charge in [0.15, 0.2) is 0 Å². The molecule has 0 bridgehead atoms. The van der Waals surface area contributed by atoms with Crippen molar-refractivity contribution < 1.29 is 4.42 Å². The first-order chi connectivity index (χ1) is 11.0. The molecule has 0 spiro atoms. The Kier molecular flexibility index (Phi) is 2.89. The Hall–Kier alpha value is -2.55. The number of allylic oxidation sites excluding steroid dienone is 3. The fourth-order valence-corrected chi connectivity index (χ4v) is 3.62. The Balaban J connectivity index is 2.13. The minimum absolute atomic E-state index is 0.126. The highest BCUT2D eigenvalue weighted by molar-refractivity contribution is 6.03. The Labute approximate surface area is 135 Å². The molecule has 0 radical (unpaired) electrons. The molecule has 1 aliphatic carbocycles. The molecule has 3 heteroatoms. The first-order valence-electron chi connectivity index (χ1n) is 7.91. The van der Waals surface area contributed by atoms with Gasteiger partial charge in [0.1, 0.15) is 5.76 Å². The molecule has 1 aliphatic heterocycles. The molecular weight excluding hydrogens is 286 g/mol. The normalized spacial score (nSPS) is 18.0. The molecular formula is C20H19NO2. The molecule has 2 aliphatic rings. The molecule has 23 heavy (non-hydrogen) atoms. The Morgan fingerprint density at radius 2 is 1.96 bits per heavy atom. The highest BCUT2D eigenvalue weighted by atomic mass is 16.4. The van der Waals surface area contributed by atoms with Crippen LogP contribution >= 0.6 is 0 Å². The Bertz CT molecular complexity index is 971. The maximum Gasteiger partial charge on any atom is 0.344 e. The van der Waals surface area contributed by atoms with Crippen LogP contribution in [0.2, 0.25) is 0 Å². The van der Waals surface area contributed by atoms with Crippen molar-refractivity contribution in [1.82, 2.24) is 0 Å². The van der Waals surface area contributed by atoms with E-state index in [1.807, 2.05) is 24.3 Å². The van der Waals surface area contributed by atoms with Crippen molar-refractivity contribution in [3.63, 3.8) is 0 Å². The summed E-state index contributed by atoms with van der Waals surface area (Å²) in [7, 11) is 0. The highest BCUT2D eigenvalue weighted by Gasteiger charge is 2.26. The van der Waals surface area contributed by atoms with E-state index in [2.05, 4.69) is 44.3 Å². The zero-order valence-corrected chi connectivity index (χ0v) is 13.6. The second-order valence-corrected chi connectivity index (χ2v) is 6.79. The van der Waals surface area contributed by atoms with Crippen LogP contribution in [0.3, 0.4) is 0 Å². The zero-order valence-electron chi connectivity index (χ0n) is 13.6. The maximum atomic E-state index is 12.7. The minimum Gasteiger partial charge on any atom is -0.422 e. The summed E-state index contributed by atoms with van der Waals surface area (Å²) < 4.78 is 5.61. The van der Waals surface area contributed by atoms with Crippen LogP contribution in [-0.2, 0) is 0 Å². The summed E-state index contributed by atoms with van der Waals surface area (Å²) in [4.78, 5) is 12.7. The van der Waals surface area contributed by atoms with Gasteiger partial charge in [0, 0.05) is 22.2 Å². The molecule has 1 aromatic heterocycles. The monoisotopic (exact) mass is 305 g/mol. The fraction of sp³-hybridized carbons (Fsp3) is 0.250. The van der Waals surface area contributed by atoms with Crippen LogP contribution in [0.25, 0.3) is 28.5 Å². The summed E-state index contributed by atoms with van der Waals surface area (Å²) in [5.41, 5.74) is 3.63. The quantitative estimate of drug-likeness (QED) is 0.758. The molecule has 2 aromatic rings. The standard InChI is InChI=1S/C20H19NO2/c1-12-11-20(2,3)21-15-10-9-14-13-7-5-4-6-8-16(13)23-19(22)18(14)17(12)15/h5-11,21H,4H2,1-3H3. The molecule has 0 amide bonds. The summed E-state index contributed by atoms with van der Waals surface area (Å²) >= 11 is 0. The van der Waals surface area contributed by atoms with E-state index in [1.165, 1.54) is 0 Å². The highest BCUT2D eigenvalue weighted by Crippen LogP contribution is 2.39. The van der Waals surface area contributed by atoms with Crippen molar-refractivity contribution in [3.8, 4) is 0 Å². The third kappa shape index (κ3) is 2.15. The zero-order chi connectivity index (χ0) is 16.2. The molecule has 1 N–H and O–H groups in total. The number of fused-ring (bicyclic) bond motifs is 5. The molecule has 0 fully saturated rings. The van der Waals surface area contributed by atoms with Gasteiger partial charge in [-0.1, -0.05) is 30.4 Å². The van der Waals surface area contributed by atoms with Gasteiger partial charge in [-0.3, -0.25) is 0 Å². The van der Waals surface area contributed by atoms with Gasteiger partial charge in [0.05, 0.1) is 10.9 Å². The molecule has 0 saturated carbocycles. The summed E-state index contributed by atoms with van der Waals surface area (Å²) in [6.45, 7) is 6.30. The van der Waals surface area contributed by atoms with Crippen molar-refractivity contribution >= 4 is 34.2 Å². The first kappa shape index (κ1) is 14.1. The van der Waals surface area contributed by atoms with E-state index in [9.17, 15) is 4.79 Å². The average Bonchev–Trinajstić information content (AvgIpc) is 2.70. The maximum absolute atomic E-state index is 12.7. The molecule has 0 atom stereocenters. The first-order valence-corrected chi connectivity index (χ1v) is 7.91. The minimum atomic E-state index is -0.273. The van der Waals surface area contributed by atoms with Crippen LogP contribution in [0.15, 0.2) is 39.6 Å². The summed E-state index contributed by atoms with van der Waals surface area (Å²) in [6.07, 6.45) is 11.0. The molecule has 116 valence electrons. The molecule has 3 nitrogen and oxygen atoms in total. The number of hydrogen-bond donors (Lipinski definition) is 1. The topological polar surface area (TPSA) is 42.2 Å². The molecule has 1 aromatic carbocycles. The van der Waals surface area contributed by atoms with Crippen LogP contribution in [0.5, 0.6) is 0 Å². The van der Waals surface area contributed by atoms with Gasteiger partial charge in [0.2, 0.25) is 0 Å². The Morgan fingerprint density at radius 1 is 1.17 bits per heavy atom. The summed E-state index contributed by atoms with van der Waals surface area (Å²) in [6, 6.07) is 4.09. The van der Waals surface area contributed by atoms with Gasteiger partial charge in [-0.15, -0.1) is 0 Å². The summed E-state index contributed by atoms with van der Waals surface area (Å²) in [5, 5.41) is 5.11. The fourth-order valence-electron chi connectivity index (χ4n) is 3.62. The van der Waals surface area contributed by atoms with Crippen molar-refractivity contribution in [2.45, 2.75) is 32.7 Å². The van der Waals surface area contributed by atoms with E-state index in [4.69, 9.17) is 4.42 Å². The predicted octanol–water partition coefficient (Wildman–Crippen LogP) is 4.83. The van der Waals surface area contributed by atoms with E-state index in [0.717, 1.165) is 34.2 Å². The predicted molar refractivity (Wildman–Crippen MR) is 96.5 cm³/mol. The number of anilines is 1. The second-order valence-electron chi connectivity index (χ2n) is 6.79. The van der Waals surface area contributed by atoms with E-state index < -0.39 is 0 Å². The van der Waals surface area contributed by atoms with Crippen LogP contribution in [0.1, 0.15) is 44.1 Å². The van der Waals surface area contributed by atoms with Crippen LogP contribution in [0.4, 0.5) is 5.69 Å². The number of hydrogen-bond acceptors (Lipinski definition) is 3. The van der Waals surface area contributed by atoms with Crippen molar-refractivity contribution in [3.05, 3.63) is 57.7 Å². The third-order valence-corrected chi connectivity index (χ3v) is 4.42. The van der Waals surface area contributed by atoms with Crippen molar-refractivity contribution in [1.29, 1.82) is 0 Å². The lowest BCUT2D eigenvalue weighted by Gasteiger charge is -2.32. The summed E-state index contributed by atoms with van der Waals surface area (Å²) in [5.74, 6) is 0.641. The smallest absolute Gasteiger partial charge is 0.344 e. The lowest BCUT2D eigenvalue weighted by Crippen LogP contribution is -2.31. The van der Waals surface area contributed by atoms with E-state index in [-0.39, 0.29) is 11.2 Å². The Morgan fingerprint density at radius 3 is 2.78 bits per heavy atom. The molecule has 2 heterocycles. The van der Waals surface area contributed by atoms with Gasteiger partial charge in [-0.2, -0.15) is 0 Å². The average molecular weight is 305 g/mol. The van der Waals surface area contributed by atoms with Crippen molar-refractivity contribution in [2.75, 3.05) is 5.32 Å². The largest absolute Gasteiger partial charge is 0.422 e. The van der Waals surface area contributed by atoms with E-state index >= 15 is 0 Å². The van der Waals surface area contributed by atoms with Gasteiger partial charge in [0.25, 0.3) is 0 Å². The van der Waals surface area contributed by atoms with Gasteiger partial charge >= 0.3 is 5.63 Å². The number of benzene rings is 1. The van der Waals surface area contributed by atoms with Gasteiger partial charge in [-0.05, 0) is 44.9 Å². The van der Waals surface area contributed by atoms with Crippen LogP contribution in [-0.4, -0.2) is 5.54 Å². The lowest BCUT2D eigenvalue weighted by molar-refractivity contribution is 0.508. The second kappa shape index (κ2) is 4.72. The number of rotatable bonds is 0. The lowest BCUT2D eigenvalue weighted by atomic mass is 9.88. The molecule has 0 unspecified atom stereocenters. The number of nitrogens with one attached hydrogen (secondary N) is 1. The molecule has 0 saturated heterocycles. The van der Waals surface area contributed by atoms with Gasteiger partial charge in [-0.25, -0.2) is 4.79 Å². The SMILES string of the molecule is CC1=CC(C)(C)Nc2ccc3c4c(oc(=O)c3c21)C=CCC=C4. The van der Waals surface area contributed by atoms with E-state index in [1.54, 1.807) is 0 Å².